The highest BCUT2D eigenvalue weighted by Crippen LogP contribution is 2.12. The summed E-state index contributed by atoms with van der Waals surface area (Å²) in [6, 6.07) is 6.96. The molecule has 0 aliphatic heterocycles. The van der Waals surface area contributed by atoms with Gasteiger partial charge >= 0.3 is 5.97 Å². The maximum atomic E-state index is 12.2. The number of thioether (sulfide) groups is 1. The second-order valence-electron chi connectivity index (χ2n) is 5.34. The predicted octanol–water partition coefficient (Wildman–Crippen LogP) is 3.31. The normalized spacial score (nSPS) is 12.0. The molecule has 0 saturated heterocycles. The van der Waals surface area contributed by atoms with Crippen LogP contribution in [0.4, 0.5) is 0 Å². The van der Waals surface area contributed by atoms with E-state index in [1.54, 1.807) is 24.3 Å². The second-order valence-corrected chi connectivity index (χ2v) is 6.74. The lowest BCUT2D eigenvalue weighted by Gasteiger charge is -2.25. The van der Waals surface area contributed by atoms with Crippen molar-refractivity contribution in [2.24, 2.45) is 0 Å². The summed E-state index contributed by atoms with van der Waals surface area (Å²) >= 11 is 1.89. The van der Waals surface area contributed by atoms with Gasteiger partial charge in [-0.2, -0.15) is 11.8 Å². The van der Waals surface area contributed by atoms with Crippen molar-refractivity contribution in [3.8, 4) is 0 Å². The molecular weight excluding hydrogens is 298 g/mol. The van der Waals surface area contributed by atoms with Crippen molar-refractivity contribution in [1.82, 2.24) is 4.90 Å². The maximum absolute atomic E-state index is 12.2. The quantitative estimate of drug-likeness (QED) is 0.708. The number of carbonyl (C=O) groups is 2. The molecule has 0 heterocycles. The molecule has 1 aromatic carbocycles. The van der Waals surface area contributed by atoms with Gasteiger partial charge in [0.1, 0.15) is 0 Å². The van der Waals surface area contributed by atoms with E-state index < -0.39 is 5.97 Å². The van der Waals surface area contributed by atoms with E-state index in [4.69, 9.17) is 5.11 Å². The molecule has 0 aromatic heterocycles. The van der Waals surface area contributed by atoms with E-state index in [1.165, 1.54) is 0 Å². The predicted molar refractivity (Wildman–Crippen MR) is 91.6 cm³/mol. The molecule has 1 rings (SSSR count). The molecule has 0 radical (unpaired) electrons. The van der Waals surface area contributed by atoms with Gasteiger partial charge in [0.25, 0.3) is 0 Å². The first-order valence-corrected chi connectivity index (χ1v) is 8.76. The van der Waals surface area contributed by atoms with E-state index in [2.05, 4.69) is 13.8 Å². The average Bonchev–Trinajstić information content (AvgIpc) is 2.52. The zero-order valence-corrected chi connectivity index (χ0v) is 14.4. The molecule has 4 nitrogen and oxygen atoms in total. The number of benzene rings is 1. The van der Waals surface area contributed by atoms with Gasteiger partial charge in [0.2, 0.25) is 5.91 Å². The number of carboxylic acid groups (broad SMARTS) is 1. The summed E-state index contributed by atoms with van der Waals surface area (Å²) in [5.41, 5.74) is 1.26. The van der Waals surface area contributed by atoms with Crippen LogP contribution in [0.25, 0.3) is 0 Å². The molecule has 0 aliphatic rings. The molecule has 0 fully saturated rings. The highest BCUT2D eigenvalue weighted by Gasteiger charge is 2.15. The topological polar surface area (TPSA) is 57.6 Å². The molecule has 0 bridgehead atoms. The van der Waals surface area contributed by atoms with Gasteiger partial charge in [0.15, 0.2) is 0 Å². The molecule has 0 aliphatic carbocycles. The first-order chi connectivity index (χ1) is 10.5. The minimum atomic E-state index is -0.930. The van der Waals surface area contributed by atoms with E-state index in [-0.39, 0.29) is 17.5 Å². The average molecular weight is 323 g/mol. The van der Waals surface area contributed by atoms with Gasteiger partial charge in [-0.25, -0.2) is 4.79 Å². The Balaban J connectivity index is 2.42. The van der Waals surface area contributed by atoms with Gasteiger partial charge in [-0.1, -0.05) is 19.1 Å². The van der Waals surface area contributed by atoms with Crippen LogP contribution >= 0.6 is 11.8 Å². The number of carbonyl (C=O) groups excluding carboxylic acids is 1. The van der Waals surface area contributed by atoms with Crippen LogP contribution in [0, 0.1) is 0 Å². The Morgan fingerprint density at radius 1 is 1.27 bits per heavy atom. The lowest BCUT2D eigenvalue weighted by atomic mass is 10.1. The van der Waals surface area contributed by atoms with Crippen molar-refractivity contribution >= 4 is 23.6 Å². The second kappa shape index (κ2) is 9.51. The number of aryl methyl sites for hydroxylation is 1. The zero-order valence-electron chi connectivity index (χ0n) is 13.5. The minimum absolute atomic E-state index is 0.135. The first-order valence-electron chi connectivity index (χ1n) is 7.61. The number of nitrogens with zero attached hydrogens (tertiary/aromatic N) is 1. The molecule has 1 atom stereocenters. The van der Waals surface area contributed by atoms with Crippen LogP contribution in [0.15, 0.2) is 24.3 Å². The highest BCUT2D eigenvalue weighted by atomic mass is 32.2. The standard InChI is InChI=1S/C17H25NO3S/c1-4-22-12-11-13(2)18(3)16(19)10-7-14-5-8-15(9-6-14)17(20)21/h5-6,8-9,13H,4,7,10-12H2,1-3H3,(H,20,21). The van der Waals surface area contributed by atoms with Crippen molar-refractivity contribution in [2.45, 2.75) is 39.2 Å². The Bertz CT molecular complexity index is 487. The van der Waals surface area contributed by atoms with E-state index >= 15 is 0 Å². The van der Waals surface area contributed by atoms with Gasteiger partial charge < -0.3 is 10.0 Å². The fraction of sp³-hybridized carbons (Fsp3) is 0.529. The summed E-state index contributed by atoms with van der Waals surface area (Å²) in [4.78, 5) is 24.8. The molecular formula is C17H25NO3S. The SMILES string of the molecule is CCSCCC(C)N(C)C(=O)CCc1ccc(C(=O)O)cc1. The van der Waals surface area contributed by atoms with Crippen LogP contribution in [0.5, 0.6) is 0 Å². The van der Waals surface area contributed by atoms with Crippen LogP contribution < -0.4 is 0 Å². The monoisotopic (exact) mass is 323 g/mol. The number of amides is 1. The summed E-state index contributed by atoms with van der Waals surface area (Å²) < 4.78 is 0. The molecule has 1 N–H and O–H groups in total. The number of hydrogen-bond acceptors (Lipinski definition) is 3. The Kier molecular flexibility index (Phi) is 8.02. The zero-order chi connectivity index (χ0) is 16.5. The Morgan fingerprint density at radius 2 is 1.91 bits per heavy atom. The summed E-state index contributed by atoms with van der Waals surface area (Å²) in [6.07, 6.45) is 2.10. The largest absolute Gasteiger partial charge is 0.478 e. The van der Waals surface area contributed by atoms with Crippen molar-refractivity contribution in [2.75, 3.05) is 18.6 Å². The Hall–Kier alpha value is -1.49. The number of hydrogen-bond donors (Lipinski definition) is 1. The van der Waals surface area contributed by atoms with E-state index in [9.17, 15) is 9.59 Å². The summed E-state index contributed by atoms with van der Waals surface area (Å²) in [5.74, 6) is 1.39. The fourth-order valence-electron chi connectivity index (χ4n) is 2.08. The maximum Gasteiger partial charge on any atom is 0.335 e. The van der Waals surface area contributed by atoms with Crippen molar-refractivity contribution < 1.29 is 14.7 Å². The molecule has 5 heteroatoms. The number of aromatic carboxylic acids is 1. The Morgan fingerprint density at radius 3 is 2.45 bits per heavy atom. The van der Waals surface area contributed by atoms with Crippen LogP contribution in [-0.2, 0) is 11.2 Å². The van der Waals surface area contributed by atoms with Crippen molar-refractivity contribution in [1.29, 1.82) is 0 Å². The third-order valence-corrected chi connectivity index (χ3v) is 4.70. The smallest absolute Gasteiger partial charge is 0.335 e. The third kappa shape index (κ3) is 6.10. The van der Waals surface area contributed by atoms with E-state index in [1.807, 2.05) is 23.7 Å². The van der Waals surface area contributed by atoms with Gasteiger partial charge in [0, 0.05) is 19.5 Å². The van der Waals surface area contributed by atoms with Gasteiger partial charge in [-0.15, -0.1) is 0 Å². The minimum Gasteiger partial charge on any atom is -0.478 e. The highest BCUT2D eigenvalue weighted by molar-refractivity contribution is 7.99. The molecule has 1 unspecified atom stereocenters. The van der Waals surface area contributed by atoms with Crippen LogP contribution in [0.2, 0.25) is 0 Å². The fourth-order valence-corrected chi connectivity index (χ4v) is 2.88. The lowest BCUT2D eigenvalue weighted by molar-refractivity contribution is -0.131. The van der Waals surface area contributed by atoms with Gasteiger partial charge in [0.05, 0.1) is 5.56 Å². The van der Waals surface area contributed by atoms with Crippen LogP contribution in [0.1, 0.15) is 42.6 Å². The van der Waals surface area contributed by atoms with Crippen LogP contribution in [-0.4, -0.2) is 46.5 Å². The van der Waals surface area contributed by atoms with Gasteiger partial charge in [-0.3, -0.25) is 4.79 Å². The summed E-state index contributed by atoms with van der Waals surface area (Å²) in [7, 11) is 1.86. The van der Waals surface area contributed by atoms with E-state index in [0.29, 0.717) is 12.8 Å². The van der Waals surface area contributed by atoms with Crippen molar-refractivity contribution in [3.63, 3.8) is 0 Å². The van der Waals surface area contributed by atoms with E-state index in [0.717, 1.165) is 23.5 Å². The molecule has 1 aromatic rings. The van der Waals surface area contributed by atoms with Crippen LogP contribution in [0.3, 0.4) is 0 Å². The Labute approximate surface area is 136 Å². The number of rotatable bonds is 9. The molecule has 1 amide bonds. The summed E-state index contributed by atoms with van der Waals surface area (Å²) in [6.45, 7) is 4.22. The number of carboxylic acids is 1. The third-order valence-electron chi connectivity index (χ3n) is 3.77. The summed E-state index contributed by atoms with van der Waals surface area (Å²) in [5, 5.41) is 8.85. The molecule has 0 saturated carbocycles. The van der Waals surface area contributed by atoms with Gasteiger partial charge in [-0.05, 0) is 49.0 Å². The molecule has 122 valence electrons. The molecule has 0 spiro atoms. The first kappa shape index (κ1) is 18.6. The molecule has 22 heavy (non-hydrogen) atoms. The lowest BCUT2D eigenvalue weighted by Crippen LogP contribution is -2.35. The van der Waals surface area contributed by atoms with Crippen molar-refractivity contribution in [3.05, 3.63) is 35.4 Å².